The van der Waals surface area contributed by atoms with Crippen molar-refractivity contribution in [3.63, 3.8) is 0 Å². The monoisotopic (exact) mass is 375 g/mol. The molecule has 0 aliphatic heterocycles. The summed E-state index contributed by atoms with van der Waals surface area (Å²) in [5.74, 6) is -0.320. The molecule has 2 aromatic rings. The fourth-order valence-electron chi connectivity index (χ4n) is 2.19. The fourth-order valence-corrected chi connectivity index (χ4v) is 3.56. The number of ether oxygens (including phenoxy) is 1. The molecule has 1 amide bonds. The number of aryl methyl sites for hydroxylation is 1. The zero-order chi connectivity index (χ0) is 19.2. The van der Waals surface area contributed by atoms with E-state index in [1.54, 1.807) is 19.1 Å². The highest BCUT2D eigenvalue weighted by Crippen LogP contribution is 2.26. The van der Waals surface area contributed by atoms with Gasteiger partial charge >= 0.3 is 0 Å². The Morgan fingerprint density at radius 2 is 1.92 bits per heavy atom. The predicted molar refractivity (Wildman–Crippen MR) is 99.7 cm³/mol. The molecule has 2 rings (SSSR count). The fraction of sp³-hybridized carbons (Fsp3) is 0.222. The van der Waals surface area contributed by atoms with E-state index in [0.717, 1.165) is 15.4 Å². The molecule has 138 valence electrons. The first-order valence-corrected chi connectivity index (χ1v) is 9.26. The predicted octanol–water partition coefficient (Wildman–Crippen LogP) is 1.77. The summed E-state index contributed by atoms with van der Waals surface area (Å²) in [6.07, 6.45) is 1.48. The van der Waals surface area contributed by atoms with Gasteiger partial charge in [-0.15, -0.1) is 0 Å². The van der Waals surface area contributed by atoms with Gasteiger partial charge in [0.2, 0.25) is 10.0 Å². The maximum Gasteiger partial charge on any atom is 0.255 e. The summed E-state index contributed by atoms with van der Waals surface area (Å²) in [4.78, 5) is 12.0. The zero-order valence-corrected chi connectivity index (χ0v) is 15.7. The second-order valence-electron chi connectivity index (χ2n) is 5.62. The van der Waals surface area contributed by atoms with E-state index >= 15 is 0 Å². The van der Waals surface area contributed by atoms with Crippen LogP contribution < -0.4 is 10.2 Å². The molecule has 1 N–H and O–H groups in total. The Bertz CT molecular complexity index is 896. The van der Waals surface area contributed by atoms with Gasteiger partial charge in [0, 0.05) is 7.05 Å². The van der Waals surface area contributed by atoms with Crippen LogP contribution in [-0.2, 0) is 14.8 Å². The molecule has 0 aliphatic rings. The molecular weight excluding hydrogens is 354 g/mol. The van der Waals surface area contributed by atoms with E-state index in [4.69, 9.17) is 4.74 Å². The van der Waals surface area contributed by atoms with Crippen LogP contribution in [0.25, 0.3) is 0 Å². The smallest absolute Gasteiger partial charge is 0.255 e. The molecule has 0 aliphatic carbocycles. The summed E-state index contributed by atoms with van der Waals surface area (Å²) < 4.78 is 31.5. The third kappa shape index (κ3) is 4.90. The van der Waals surface area contributed by atoms with Gasteiger partial charge in [-0.2, -0.15) is 9.41 Å². The van der Waals surface area contributed by atoms with E-state index in [1.807, 2.05) is 30.3 Å². The van der Waals surface area contributed by atoms with E-state index in [2.05, 4.69) is 10.5 Å². The average Bonchev–Trinajstić information content (AvgIpc) is 2.62. The molecule has 7 nitrogen and oxygen atoms in total. The summed E-state index contributed by atoms with van der Waals surface area (Å²) >= 11 is 0. The first-order valence-electron chi connectivity index (χ1n) is 7.82. The van der Waals surface area contributed by atoms with Crippen LogP contribution in [-0.4, -0.2) is 45.5 Å². The van der Waals surface area contributed by atoms with Crippen LogP contribution in [0, 0.1) is 6.92 Å². The summed E-state index contributed by atoms with van der Waals surface area (Å²) in [5, 5.41) is 3.83. The molecule has 0 saturated carbocycles. The van der Waals surface area contributed by atoms with Crippen LogP contribution in [0.4, 0.5) is 0 Å². The molecule has 0 radical (unpaired) electrons. The van der Waals surface area contributed by atoms with Crippen LogP contribution in [0.3, 0.4) is 0 Å². The highest BCUT2D eigenvalue weighted by Gasteiger charge is 2.26. The number of carbonyl (C=O) groups is 1. The van der Waals surface area contributed by atoms with Crippen LogP contribution in [0.15, 0.2) is 58.5 Å². The third-order valence-electron chi connectivity index (χ3n) is 3.58. The number of nitrogens with zero attached hydrogens (tertiary/aromatic N) is 2. The number of likely N-dealkylation sites (N-methyl/N-ethyl adjacent to an activating group) is 1. The van der Waals surface area contributed by atoms with Crippen LogP contribution >= 0.6 is 0 Å². The van der Waals surface area contributed by atoms with E-state index in [1.165, 1.54) is 26.4 Å². The molecule has 0 heterocycles. The van der Waals surface area contributed by atoms with E-state index in [0.29, 0.717) is 0 Å². The molecule has 0 bridgehead atoms. The Labute approximate surface area is 153 Å². The van der Waals surface area contributed by atoms with Gasteiger partial charge in [0.05, 0.1) is 19.9 Å². The number of hydrogen-bond donors (Lipinski definition) is 1. The quantitative estimate of drug-likeness (QED) is 0.590. The Hall–Kier alpha value is -2.71. The summed E-state index contributed by atoms with van der Waals surface area (Å²) in [6, 6.07) is 14.1. The van der Waals surface area contributed by atoms with Gasteiger partial charge in [0.15, 0.2) is 0 Å². The molecule has 26 heavy (non-hydrogen) atoms. The van der Waals surface area contributed by atoms with Crippen molar-refractivity contribution in [3.8, 4) is 5.75 Å². The van der Waals surface area contributed by atoms with Crippen LogP contribution in [0.2, 0.25) is 0 Å². The van der Waals surface area contributed by atoms with Crippen LogP contribution in [0.1, 0.15) is 11.1 Å². The lowest BCUT2D eigenvalue weighted by Crippen LogP contribution is -2.36. The molecule has 0 fully saturated rings. The minimum atomic E-state index is -3.88. The maximum atomic E-state index is 12.7. The number of carbonyl (C=O) groups excluding carboxylic acids is 1. The van der Waals surface area contributed by atoms with E-state index in [-0.39, 0.29) is 17.2 Å². The number of nitrogens with one attached hydrogen (secondary N) is 1. The second kappa shape index (κ2) is 8.59. The zero-order valence-electron chi connectivity index (χ0n) is 14.8. The van der Waals surface area contributed by atoms with Crippen molar-refractivity contribution < 1.29 is 17.9 Å². The van der Waals surface area contributed by atoms with Gasteiger partial charge in [-0.25, -0.2) is 13.8 Å². The van der Waals surface area contributed by atoms with Gasteiger partial charge in [0.1, 0.15) is 10.6 Å². The van der Waals surface area contributed by atoms with E-state index in [9.17, 15) is 13.2 Å². The summed E-state index contributed by atoms with van der Waals surface area (Å²) in [6.45, 7) is 1.41. The first-order chi connectivity index (χ1) is 12.3. The van der Waals surface area contributed by atoms with Gasteiger partial charge in [0.25, 0.3) is 5.91 Å². The number of rotatable bonds is 7. The standard InChI is InChI=1S/C18H21N3O4S/c1-14-9-10-16(25-3)17(11-14)26(23,24)21(2)13-18(22)20-19-12-15-7-5-4-6-8-15/h4-12H,13H2,1-3H3,(H,20,22)/b19-12+. The van der Waals surface area contributed by atoms with Crippen molar-refractivity contribution in [3.05, 3.63) is 59.7 Å². The first kappa shape index (κ1) is 19.6. The molecule has 0 saturated heterocycles. The van der Waals surface area contributed by atoms with Crippen molar-refractivity contribution in [2.75, 3.05) is 20.7 Å². The van der Waals surface area contributed by atoms with Crippen molar-refractivity contribution in [1.82, 2.24) is 9.73 Å². The van der Waals surface area contributed by atoms with Gasteiger partial charge in [-0.1, -0.05) is 36.4 Å². The Kier molecular flexibility index (Phi) is 6.48. The number of benzene rings is 2. The van der Waals surface area contributed by atoms with Crippen molar-refractivity contribution in [1.29, 1.82) is 0 Å². The number of sulfonamides is 1. The van der Waals surface area contributed by atoms with Crippen molar-refractivity contribution in [2.24, 2.45) is 5.10 Å². The van der Waals surface area contributed by atoms with Crippen molar-refractivity contribution in [2.45, 2.75) is 11.8 Å². The molecular formula is C18H21N3O4S. The summed E-state index contributed by atoms with van der Waals surface area (Å²) in [5.41, 5.74) is 3.91. The minimum Gasteiger partial charge on any atom is -0.495 e. The largest absolute Gasteiger partial charge is 0.495 e. The minimum absolute atomic E-state index is 0.0167. The highest BCUT2D eigenvalue weighted by atomic mass is 32.2. The lowest BCUT2D eigenvalue weighted by molar-refractivity contribution is -0.121. The topological polar surface area (TPSA) is 88.1 Å². The third-order valence-corrected chi connectivity index (χ3v) is 5.40. The van der Waals surface area contributed by atoms with Gasteiger partial charge < -0.3 is 4.74 Å². The second-order valence-corrected chi connectivity index (χ2v) is 7.63. The molecule has 0 unspecified atom stereocenters. The number of hydrogen-bond acceptors (Lipinski definition) is 5. The normalized spacial score (nSPS) is 11.7. The van der Waals surface area contributed by atoms with E-state index < -0.39 is 15.9 Å². The molecule has 8 heteroatoms. The number of hydrazone groups is 1. The average molecular weight is 375 g/mol. The molecule has 0 atom stereocenters. The lowest BCUT2D eigenvalue weighted by Gasteiger charge is -2.18. The molecule has 0 spiro atoms. The Morgan fingerprint density at radius 1 is 1.23 bits per heavy atom. The Balaban J connectivity index is 2.06. The molecule has 2 aromatic carbocycles. The van der Waals surface area contributed by atoms with Crippen molar-refractivity contribution >= 4 is 22.1 Å². The summed E-state index contributed by atoms with van der Waals surface area (Å²) in [7, 11) is -1.15. The lowest BCUT2D eigenvalue weighted by atomic mass is 10.2. The SMILES string of the molecule is COc1ccc(C)cc1S(=O)(=O)N(C)CC(=O)N/N=C/c1ccccc1. The van der Waals surface area contributed by atoms with Gasteiger partial charge in [-0.05, 0) is 30.2 Å². The number of amides is 1. The Morgan fingerprint density at radius 3 is 2.58 bits per heavy atom. The number of methoxy groups -OCH3 is 1. The highest BCUT2D eigenvalue weighted by molar-refractivity contribution is 7.89. The van der Waals surface area contributed by atoms with Crippen LogP contribution in [0.5, 0.6) is 5.75 Å². The van der Waals surface area contributed by atoms with Gasteiger partial charge in [-0.3, -0.25) is 4.79 Å². The maximum absolute atomic E-state index is 12.7. The molecule has 0 aromatic heterocycles.